The van der Waals surface area contributed by atoms with Crippen LogP contribution in [0.3, 0.4) is 0 Å². The molecule has 0 radical (unpaired) electrons. The second-order valence-corrected chi connectivity index (χ2v) is 6.40. The molecule has 5 nitrogen and oxygen atoms in total. The van der Waals surface area contributed by atoms with Gasteiger partial charge in [-0.2, -0.15) is 0 Å². The van der Waals surface area contributed by atoms with Gasteiger partial charge in [0.05, 0.1) is 23.2 Å². The number of nitrogens with zero attached hydrogens (tertiary/aromatic N) is 1. The van der Waals surface area contributed by atoms with E-state index in [0.29, 0.717) is 12.8 Å². The Hall–Kier alpha value is -2.21. The fourth-order valence-electron chi connectivity index (χ4n) is 2.33. The number of carboxylic acid groups (broad SMARTS) is 1. The first-order valence-electron chi connectivity index (χ1n) is 7.51. The Kier molecular flexibility index (Phi) is 6.29. The van der Waals surface area contributed by atoms with E-state index in [1.807, 2.05) is 42.6 Å². The third-order valence-corrected chi connectivity index (χ3v) is 4.24. The van der Waals surface area contributed by atoms with Crippen molar-refractivity contribution in [2.45, 2.75) is 38.6 Å². The quantitative estimate of drug-likeness (QED) is 0.778. The summed E-state index contributed by atoms with van der Waals surface area (Å²) in [5, 5.41) is 14.9. The Morgan fingerprint density at radius 1 is 1.30 bits per heavy atom. The predicted octanol–water partition coefficient (Wildman–Crippen LogP) is 3.11. The van der Waals surface area contributed by atoms with Crippen LogP contribution in [-0.4, -0.2) is 22.0 Å². The summed E-state index contributed by atoms with van der Waals surface area (Å²) in [7, 11) is 0. The lowest BCUT2D eigenvalue weighted by Crippen LogP contribution is -2.30. The maximum atomic E-state index is 12.1. The van der Waals surface area contributed by atoms with Gasteiger partial charge in [0.1, 0.15) is 0 Å². The molecule has 0 saturated carbocycles. The van der Waals surface area contributed by atoms with Crippen LogP contribution in [0.15, 0.2) is 35.7 Å². The average molecular weight is 332 g/mol. The van der Waals surface area contributed by atoms with Crippen molar-refractivity contribution < 1.29 is 14.7 Å². The number of nitrogens with one attached hydrogen (secondary N) is 1. The fourth-order valence-corrected chi connectivity index (χ4v) is 2.98. The van der Waals surface area contributed by atoms with Crippen molar-refractivity contribution >= 4 is 23.2 Å². The van der Waals surface area contributed by atoms with Gasteiger partial charge in [0.2, 0.25) is 5.91 Å². The molecule has 0 aliphatic carbocycles. The SMILES string of the molecule is Cc1nc(CCCC(=O)NC(CC(=O)O)c2ccccc2)cs1. The van der Waals surface area contributed by atoms with E-state index in [-0.39, 0.29) is 12.3 Å². The smallest absolute Gasteiger partial charge is 0.305 e. The van der Waals surface area contributed by atoms with Gasteiger partial charge in [-0.3, -0.25) is 9.59 Å². The van der Waals surface area contributed by atoms with Crippen LogP contribution in [0.5, 0.6) is 0 Å². The van der Waals surface area contributed by atoms with E-state index in [9.17, 15) is 9.59 Å². The van der Waals surface area contributed by atoms with E-state index >= 15 is 0 Å². The van der Waals surface area contributed by atoms with E-state index in [1.165, 1.54) is 0 Å². The molecule has 1 amide bonds. The van der Waals surface area contributed by atoms with Gasteiger partial charge in [0.25, 0.3) is 0 Å². The molecule has 2 N–H and O–H groups in total. The van der Waals surface area contributed by atoms with Crippen LogP contribution in [0.25, 0.3) is 0 Å². The molecule has 0 aliphatic rings. The van der Waals surface area contributed by atoms with Gasteiger partial charge in [-0.05, 0) is 25.3 Å². The van der Waals surface area contributed by atoms with Crippen molar-refractivity contribution in [1.82, 2.24) is 10.3 Å². The second kappa shape index (κ2) is 8.43. The molecule has 0 fully saturated rings. The van der Waals surface area contributed by atoms with Gasteiger partial charge in [0, 0.05) is 11.8 Å². The lowest BCUT2D eigenvalue weighted by molar-refractivity contribution is -0.137. The highest BCUT2D eigenvalue weighted by molar-refractivity contribution is 7.09. The molecule has 1 atom stereocenters. The highest BCUT2D eigenvalue weighted by Crippen LogP contribution is 2.17. The maximum Gasteiger partial charge on any atom is 0.305 e. The largest absolute Gasteiger partial charge is 0.481 e. The highest BCUT2D eigenvalue weighted by atomic mass is 32.1. The molecule has 0 aliphatic heterocycles. The zero-order chi connectivity index (χ0) is 16.7. The summed E-state index contributed by atoms with van der Waals surface area (Å²) in [6, 6.07) is 8.68. The third kappa shape index (κ3) is 5.83. The maximum absolute atomic E-state index is 12.1. The number of aliphatic carboxylic acids is 1. The van der Waals surface area contributed by atoms with Crippen molar-refractivity contribution in [1.29, 1.82) is 0 Å². The number of carbonyl (C=O) groups excluding carboxylic acids is 1. The van der Waals surface area contributed by atoms with Gasteiger partial charge in [-0.15, -0.1) is 11.3 Å². The summed E-state index contributed by atoms with van der Waals surface area (Å²) in [4.78, 5) is 27.5. The fraction of sp³-hybridized carbons (Fsp3) is 0.353. The topological polar surface area (TPSA) is 79.3 Å². The predicted molar refractivity (Wildman–Crippen MR) is 89.4 cm³/mol. The van der Waals surface area contributed by atoms with Crippen LogP contribution in [0.4, 0.5) is 0 Å². The minimum absolute atomic E-state index is 0.124. The summed E-state index contributed by atoms with van der Waals surface area (Å²) in [5.41, 5.74) is 1.81. The minimum atomic E-state index is -0.933. The average Bonchev–Trinajstić information content (AvgIpc) is 2.92. The van der Waals surface area contributed by atoms with Crippen LogP contribution < -0.4 is 5.32 Å². The van der Waals surface area contributed by atoms with Crippen molar-refractivity contribution in [2.75, 3.05) is 0 Å². The number of amides is 1. The Morgan fingerprint density at radius 2 is 2.04 bits per heavy atom. The lowest BCUT2D eigenvalue weighted by atomic mass is 10.0. The van der Waals surface area contributed by atoms with E-state index < -0.39 is 12.0 Å². The van der Waals surface area contributed by atoms with Gasteiger partial charge in [0.15, 0.2) is 0 Å². The number of hydrogen-bond acceptors (Lipinski definition) is 4. The number of carboxylic acids is 1. The molecule has 2 rings (SSSR count). The van der Waals surface area contributed by atoms with Crippen LogP contribution in [0.1, 0.15) is 41.6 Å². The number of aromatic nitrogens is 1. The van der Waals surface area contributed by atoms with Crippen molar-refractivity contribution in [2.24, 2.45) is 0 Å². The molecule has 6 heteroatoms. The van der Waals surface area contributed by atoms with Crippen molar-refractivity contribution in [3.63, 3.8) is 0 Å². The third-order valence-electron chi connectivity index (χ3n) is 3.42. The van der Waals surface area contributed by atoms with Crippen LogP contribution >= 0.6 is 11.3 Å². The van der Waals surface area contributed by atoms with Crippen LogP contribution in [0, 0.1) is 6.92 Å². The lowest BCUT2D eigenvalue weighted by Gasteiger charge is -2.17. The number of hydrogen-bond donors (Lipinski definition) is 2. The number of carbonyl (C=O) groups is 2. The normalized spacial score (nSPS) is 11.9. The molecule has 0 saturated heterocycles. The van der Waals surface area contributed by atoms with Crippen molar-refractivity contribution in [3.8, 4) is 0 Å². The van der Waals surface area contributed by atoms with Gasteiger partial charge in [-0.25, -0.2) is 4.98 Å². The Morgan fingerprint density at radius 3 is 2.65 bits per heavy atom. The first kappa shape index (κ1) is 17.1. The number of aryl methyl sites for hydroxylation is 2. The van der Waals surface area contributed by atoms with E-state index in [1.54, 1.807) is 11.3 Å². The number of thiazole rings is 1. The van der Waals surface area contributed by atoms with Crippen molar-refractivity contribution in [3.05, 3.63) is 52.0 Å². The van der Waals surface area contributed by atoms with E-state index in [0.717, 1.165) is 22.7 Å². The molecule has 2 aromatic rings. The summed E-state index contributed by atoms with van der Waals surface area (Å²) in [6.07, 6.45) is 1.69. The number of rotatable bonds is 8. The monoisotopic (exact) mass is 332 g/mol. The molecule has 0 spiro atoms. The zero-order valence-corrected chi connectivity index (χ0v) is 13.8. The summed E-state index contributed by atoms with van der Waals surface area (Å²) < 4.78 is 0. The molecule has 1 unspecified atom stereocenters. The van der Waals surface area contributed by atoms with Crippen LogP contribution in [-0.2, 0) is 16.0 Å². The molecule has 23 heavy (non-hydrogen) atoms. The summed E-state index contributed by atoms with van der Waals surface area (Å²) in [6.45, 7) is 1.96. The first-order valence-corrected chi connectivity index (χ1v) is 8.39. The highest BCUT2D eigenvalue weighted by Gasteiger charge is 2.17. The molecule has 1 heterocycles. The molecule has 0 bridgehead atoms. The van der Waals surface area contributed by atoms with Crippen LogP contribution in [0.2, 0.25) is 0 Å². The zero-order valence-electron chi connectivity index (χ0n) is 13.0. The summed E-state index contributed by atoms with van der Waals surface area (Å²) >= 11 is 1.60. The first-order chi connectivity index (χ1) is 11.0. The molecular formula is C17H20N2O3S. The number of benzene rings is 1. The van der Waals surface area contributed by atoms with Gasteiger partial charge < -0.3 is 10.4 Å². The molecule has 1 aromatic heterocycles. The van der Waals surface area contributed by atoms with Gasteiger partial charge >= 0.3 is 5.97 Å². The second-order valence-electron chi connectivity index (χ2n) is 5.34. The Labute approximate surface area is 139 Å². The molecule has 122 valence electrons. The molecule has 1 aromatic carbocycles. The van der Waals surface area contributed by atoms with E-state index in [2.05, 4.69) is 10.3 Å². The molecular weight excluding hydrogens is 312 g/mol. The van der Waals surface area contributed by atoms with Gasteiger partial charge in [-0.1, -0.05) is 30.3 Å². The standard InChI is InChI=1S/C17H20N2O3S/c1-12-18-14(11-23-12)8-5-9-16(20)19-15(10-17(21)22)13-6-3-2-4-7-13/h2-4,6-7,11,15H,5,8-10H2,1H3,(H,19,20)(H,21,22). The Balaban J connectivity index is 1.86. The van der Waals surface area contributed by atoms with E-state index in [4.69, 9.17) is 5.11 Å². The Bertz CT molecular complexity index is 655. The minimum Gasteiger partial charge on any atom is -0.481 e. The summed E-state index contributed by atoms with van der Waals surface area (Å²) in [5.74, 6) is -1.07.